The third-order valence-electron chi connectivity index (χ3n) is 8.60. The maximum Gasteiger partial charge on any atom is 0.254 e. The van der Waals surface area contributed by atoms with Crippen molar-refractivity contribution < 1.29 is 28.2 Å². The molecule has 0 bridgehead atoms. The predicted molar refractivity (Wildman–Crippen MR) is 163 cm³/mol. The molecule has 6 rings (SSSR count). The Bertz CT molecular complexity index is 1740. The van der Waals surface area contributed by atoms with Crippen molar-refractivity contribution >= 4 is 29.0 Å². The van der Waals surface area contributed by atoms with E-state index < -0.39 is 23.7 Å². The number of aromatic nitrogens is 3. The van der Waals surface area contributed by atoms with E-state index in [9.17, 15) is 23.5 Å². The van der Waals surface area contributed by atoms with Crippen molar-refractivity contribution in [3.8, 4) is 17.0 Å². The van der Waals surface area contributed by atoms with Gasteiger partial charge in [-0.2, -0.15) is 4.39 Å². The molecule has 4 heterocycles. The van der Waals surface area contributed by atoms with Crippen LogP contribution in [-0.4, -0.2) is 93.6 Å². The van der Waals surface area contributed by atoms with Crippen LogP contribution < -0.4 is 15.4 Å². The number of nitrogens with one attached hydrogen (secondary N) is 2. The fourth-order valence-corrected chi connectivity index (χ4v) is 6.07. The summed E-state index contributed by atoms with van der Waals surface area (Å²) in [6.45, 7) is 4.78. The van der Waals surface area contributed by atoms with Crippen molar-refractivity contribution in [1.82, 2.24) is 29.5 Å². The number of aliphatic hydroxyl groups excluding tert-OH is 1. The molecule has 2 aromatic carbocycles. The molecule has 2 aromatic heterocycles. The Morgan fingerprint density at radius 3 is 2.60 bits per heavy atom. The van der Waals surface area contributed by atoms with Gasteiger partial charge in [0.05, 0.1) is 31.0 Å². The number of β-amino-alcohol motifs (C(OH)–C–C–N with tert-alkyl or cyclic N) is 1. The van der Waals surface area contributed by atoms with Crippen molar-refractivity contribution in [3.63, 3.8) is 0 Å². The van der Waals surface area contributed by atoms with Crippen molar-refractivity contribution in [2.75, 3.05) is 51.7 Å². The lowest BCUT2D eigenvalue weighted by molar-refractivity contribution is -0.141. The molecule has 236 valence electrons. The molecular weight excluding hydrogens is 584 g/mol. The number of rotatable bonds is 7. The minimum absolute atomic E-state index is 0.0307. The molecule has 2 saturated heterocycles. The first-order valence-electron chi connectivity index (χ1n) is 15.0. The monoisotopic (exact) mass is 619 g/mol. The summed E-state index contributed by atoms with van der Waals surface area (Å²) in [5.74, 6) is -2.45. The highest BCUT2D eigenvalue weighted by molar-refractivity contribution is 5.96. The Kier molecular flexibility index (Phi) is 8.63. The van der Waals surface area contributed by atoms with Gasteiger partial charge >= 0.3 is 0 Å². The van der Waals surface area contributed by atoms with Gasteiger partial charge in [0.25, 0.3) is 5.91 Å². The summed E-state index contributed by atoms with van der Waals surface area (Å²) < 4.78 is 35.8. The average molecular weight is 620 g/mol. The number of carbonyl (C=O) groups excluding carboxylic acids is 2. The van der Waals surface area contributed by atoms with Crippen LogP contribution in [0.4, 0.5) is 20.3 Å². The number of piperazine rings is 1. The fourth-order valence-electron chi connectivity index (χ4n) is 6.07. The summed E-state index contributed by atoms with van der Waals surface area (Å²) in [6, 6.07) is 8.26. The van der Waals surface area contributed by atoms with Gasteiger partial charge in [0, 0.05) is 61.9 Å². The lowest BCUT2D eigenvalue weighted by atomic mass is 9.93. The van der Waals surface area contributed by atoms with Crippen LogP contribution in [0.15, 0.2) is 48.9 Å². The van der Waals surface area contributed by atoms with E-state index in [1.54, 1.807) is 32.5 Å². The van der Waals surface area contributed by atoms with Gasteiger partial charge < -0.3 is 30.3 Å². The molecule has 2 unspecified atom stereocenters. The van der Waals surface area contributed by atoms with Gasteiger partial charge in [-0.3, -0.25) is 14.0 Å². The summed E-state index contributed by atoms with van der Waals surface area (Å²) in [4.78, 5) is 38.9. The number of nitrogens with zero attached hydrogens (tertiary/aromatic N) is 5. The first kappa shape index (κ1) is 30.4. The maximum absolute atomic E-state index is 14.9. The van der Waals surface area contributed by atoms with Gasteiger partial charge in [-0.15, -0.1) is 0 Å². The van der Waals surface area contributed by atoms with E-state index in [1.807, 2.05) is 13.0 Å². The summed E-state index contributed by atoms with van der Waals surface area (Å²) in [5, 5.41) is 16.6. The molecule has 45 heavy (non-hydrogen) atoms. The zero-order chi connectivity index (χ0) is 31.7. The second kappa shape index (κ2) is 12.8. The van der Waals surface area contributed by atoms with Gasteiger partial charge in [0.15, 0.2) is 23.0 Å². The number of aryl methyl sites for hydroxylation is 1. The van der Waals surface area contributed by atoms with Gasteiger partial charge in [-0.05, 0) is 55.3 Å². The minimum Gasteiger partial charge on any atom is -0.494 e. The van der Waals surface area contributed by atoms with Gasteiger partial charge in [0.2, 0.25) is 11.7 Å². The average Bonchev–Trinajstić information content (AvgIpc) is 3.50. The standard InChI is InChI=1S/C32H35F2N7O4/c1-3-19-16-20(4-5-21(19)31(43)39-12-14-40(15-13-39)32(44)23-8-9-35-18-25(23)42)38-29-30-37-17-24(41(30)11-10-36-29)22-6-7-26(45-2)28(34)27(22)33/h4-7,10-11,16-17,23,25,35,42H,3,8-9,12-15,18H2,1-2H3,(H,36,38). The molecular formula is C32H35F2N7O4. The Morgan fingerprint density at radius 2 is 1.87 bits per heavy atom. The molecule has 3 N–H and O–H groups in total. The number of methoxy groups -OCH3 is 1. The third-order valence-corrected chi connectivity index (χ3v) is 8.60. The molecule has 2 fully saturated rings. The quantitative estimate of drug-likeness (QED) is 0.288. The SMILES string of the molecule is CCc1cc(Nc2nccn3c(-c4ccc(OC)c(F)c4F)cnc23)ccc1C(=O)N1CCN(C(=O)C2CCNCC2O)CC1. The number of benzene rings is 2. The maximum atomic E-state index is 14.9. The predicted octanol–water partition coefficient (Wildman–Crippen LogP) is 3.24. The molecule has 2 aliphatic heterocycles. The van der Waals surface area contributed by atoms with Crippen LogP contribution in [0.5, 0.6) is 5.75 Å². The molecule has 4 aromatic rings. The normalized spacial score (nSPS) is 18.7. The van der Waals surface area contributed by atoms with Crippen molar-refractivity contribution in [2.45, 2.75) is 25.9 Å². The molecule has 0 spiro atoms. The van der Waals surface area contributed by atoms with Crippen molar-refractivity contribution in [1.29, 1.82) is 0 Å². The second-order valence-electron chi connectivity index (χ2n) is 11.2. The Morgan fingerprint density at radius 1 is 1.09 bits per heavy atom. The van der Waals surface area contributed by atoms with Crippen LogP contribution in [-0.2, 0) is 11.2 Å². The van der Waals surface area contributed by atoms with Gasteiger partial charge in [-0.1, -0.05) is 6.92 Å². The highest BCUT2D eigenvalue weighted by Gasteiger charge is 2.34. The van der Waals surface area contributed by atoms with E-state index in [0.717, 1.165) is 5.56 Å². The second-order valence-corrected chi connectivity index (χ2v) is 11.2. The molecule has 0 aliphatic carbocycles. The van der Waals surface area contributed by atoms with E-state index in [0.29, 0.717) is 80.5 Å². The number of hydrogen-bond acceptors (Lipinski definition) is 8. The summed E-state index contributed by atoms with van der Waals surface area (Å²) in [5.41, 5.74) is 2.90. The van der Waals surface area contributed by atoms with Gasteiger partial charge in [0.1, 0.15) is 0 Å². The highest BCUT2D eigenvalue weighted by atomic mass is 19.2. The molecule has 2 atom stereocenters. The number of amides is 2. The zero-order valence-electron chi connectivity index (χ0n) is 25.1. The lowest BCUT2D eigenvalue weighted by Gasteiger charge is -2.38. The molecule has 2 aliphatic rings. The number of imidazole rings is 1. The number of ether oxygens (including phenoxy) is 1. The van der Waals surface area contributed by atoms with Crippen molar-refractivity contribution in [3.05, 3.63) is 71.7 Å². The molecule has 2 amide bonds. The number of anilines is 2. The molecule has 0 saturated carbocycles. The number of halogens is 2. The number of hydrogen-bond donors (Lipinski definition) is 3. The highest BCUT2D eigenvalue weighted by Crippen LogP contribution is 2.32. The Labute approximate surface area is 258 Å². The smallest absolute Gasteiger partial charge is 0.254 e. The summed E-state index contributed by atoms with van der Waals surface area (Å²) in [6.07, 6.45) is 5.12. The fraction of sp³-hybridized carbons (Fsp3) is 0.375. The number of fused-ring (bicyclic) bond motifs is 1. The minimum atomic E-state index is -1.08. The largest absolute Gasteiger partial charge is 0.494 e. The van der Waals surface area contributed by atoms with Crippen LogP contribution in [0, 0.1) is 17.6 Å². The molecule has 13 heteroatoms. The summed E-state index contributed by atoms with van der Waals surface area (Å²) in [7, 11) is 1.27. The van der Waals surface area contributed by atoms with Crippen LogP contribution >= 0.6 is 0 Å². The zero-order valence-corrected chi connectivity index (χ0v) is 25.1. The van der Waals surface area contributed by atoms with E-state index in [-0.39, 0.29) is 23.1 Å². The van der Waals surface area contributed by atoms with Crippen LogP contribution in [0.2, 0.25) is 0 Å². The number of carbonyl (C=O) groups is 2. The number of piperidine rings is 1. The Hall–Kier alpha value is -4.62. The van der Waals surface area contributed by atoms with Crippen LogP contribution in [0.1, 0.15) is 29.3 Å². The van der Waals surface area contributed by atoms with Crippen LogP contribution in [0.3, 0.4) is 0 Å². The molecule has 11 nitrogen and oxygen atoms in total. The van der Waals surface area contributed by atoms with Crippen LogP contribution in [0.25, 0.3) is 16.9 Å². The molecule has 0 radical (unpaired) electrons. The van der Waals surface area contributed by atoms with Gasteiger partial charge in [-0.25, -0.2) is 14.4 Å². The summed E-state index contributed by atoms with van der Waals surface area (Å²) >= 11 is 0. The van der Waals surface area contributed by atoms with E-state index in [4.69, 9.17) is 4.74 Å². The lowest BCUT2D eigenvalue weighted by Crippen LogP contribution is -2.55. The van der Waals surface area contributed by atoms with E-state index in [1.165, 1.54) is 31.6 Å². The number of aliphatic hydroxyl groups is 1. The third kappa shape index (κ3) is 5.80. The first-order valence-corrected chi connectivity index (χ1v) is 15.0. The first-order chi connectivity index (χ1) is 21.8. The van der Waals surface area contributed by atoms with E-state index >= 15 is 0 Å². The van der Waals surface area contributed by atoms with E-state index in [2.05, 4.69) is 20.6 Å². The van der Waals surface area contributed by atoms with Crippen molar-refractivity contribution in [2.24, 2.45) is 5.92 Å². The Balaban J connectivity index is 1.17. The topological polar surface area (TPSA) is 124 Å².